The van der Waals surface area contributed by atoms with E-state index in [2.05, 4.69) is 0 Å². The molecule has 0 fully saturated rings. The molecule has 92 valence electrons. The summed E-state index contributed by atoms with van der Waals surface area (Å²) in [5.41, 5.74) is 2.28. The number of carboxylic acids is 1. The lowest BCUT2D eigenvalue weighted by atomic mass is 10.1. The highest BCUT2D eigenvalue weighted by molar-refractivity contribution is 5.70. The van der Waals surface area contributed by atoms with Crippen LogP contribution in [0.15, 0.2) is 18.2 Å². The number of ether oxygens (including phenoxy) is 1. The molecule has 4 heteroatoms. The van der Waals surface area contributed by atoms with Gasteiger partial charge in [0.05, 0.1) is 13.0 Å². The van der Waals surface area contributed by atoms with Crippen molar-refractivity contribution in [3.8, 4) is 5.75 Å². The van der Waals surface area contributed by atoms with Crippen LogP contribution in [0.5, 0.6) is 5.75 Å². The van der Waals surface area contributed by atoms with E-state index in [4.69, 9.17) is 9.84 Å². The van der Waals surface area contributed by atoms with Crippen molar-refractivity contribution in [2.75, 3.05) is 18.6 Å². The second kappa shape index (κ2) is 4.65. The number of benzene rings is 1. The van der Waals surface area contributed by atoms with Crippen LogP contribution in [0.3, 0.4) is 0 Å². The van der Waals surface area contributed by atoms with Gasteiger partial charge in [0.1, 0.15) is 5.75 Å². The Bertz CT molecular complexity index is 431. The first-order valence-corrected chi connectivity index (χ1v) is 5.82. The van der Waals surface area contributed by atoms with Crippen molar-refractivity contribution in [2.45, 2.75) is 25.8 Å². The van der Waals surface area contributed by atoms with Crippen molar-refractivity contribution in [3.63, 3.8) is 0 Å². The molecule has 0 radical (unpaired) electrons. The number of rotatable bonds is 4. The fraction of sp³-hybridized carbons (Fsp3) is 0.462. The number of aliphatic carboxylic acids is 1. The van der Waals surface area contributed by atoms with Gasteiger partial charge < -0.3 is 14.7 Å². The average molecular weight is 235 g/mol. The molecule has 0 saturated heterocycles. The summed E-state index contributed by atoms with van der Waals surface area (Å²) in [5, 5.41) is 8.86. The maximum absolute atomic E-state index is 10.8. The number of carboxylic acid groups (broad SMARTS) is 1. The van der Waals surface area contributed by atoms with E-state index in [1.807, 2.05) is 37.1 Å². The molecule has 1 atom stereocenters. The lowest BCUT2D eigenvalue weighted by Crippen LogP contribution is -2.30. The van der Waals surface area contributed by atoms with E-state index in [0.29, 0.717) is 6.61 Å². The Morgan fingerprint density at radius 2 is 2.35 bits per heavy atom. The zero-order valence-electron chi connectivity index (χ0n) is 10.1. The van der Waals surface area contributed by atoms with E-state index in [-0.39, 0.29) is 12.5 Å². The summed E-state index contributed by atoms with van der Waals surface area (Å²) < 4.78 is 5.45. The standard InChI is InChI=1S/C13H17NO3/c1-3-17-11-4-5-12-9(7-11)6-10(14(12)2)8-13(15)16/h4-5,7,10H,3,6,8H2,1-2H3,(H,15,16). The Morgan fingerprint density at radius 3 is 3.00 bits per heavy atom. The van der Waals surface area contributed by atoms with Crippen LogP contribution < -0.4 is 9.64 Å². The number of likely N-dealkylation sites (N-methyl/N-ethyl adjacent to an activating group) is 1. The molecule has 1 aliphatic rings. The third kappa shape index (κ3) is 2.35. The maximum Gasteiger partial charge on any atom is 0.305 e. The molecule has 1 heterocycles. The van der Waals surface area contributed by atoms with Crippen LogP contribution in [-0.4, -0.2) is 30.8 Å². The molecular weight excluding hydrogens is 218 g/mol. The molecule has 1 aliphatic heterocycles. The number of hydrogen-bond acceptors (Lipinski definition) is 3. The van der Waals surface area contributed by atoms with Crippen molar-refractivity contribution >= 4 is 11.7 Å². The fourth-order valence-electron chi connectivity index (χ4n) is 2.32. The quantitative estimate of drug-likeness (QED) is 0.866. The van der Waals surface area contributed by atoms with E-state index >= 15 is 0 Å². The Labute approximate surface area is 101 Å². The van der Waals surface area contributed by atoms with E-state index in [9.17, 15) is 4.79 Å². The van der Waals surface area contributed by atoms with Crippen LogP contribution in [0.25, 0.3) is 0 Å². The predicted octanol–water partition coefficient (Wildman–Crippen LogP) is 1.92. The van der Waals surface area contributed by atoms with Gasteiger partial charge in [0.15, 0.2) is 0 Å². The number of carbonyl (C=O) groups is 1. The van der Waals surface area contributed by atoms with Gasteiger partial charge in [-0.25, -0.2) is 0 Å². The third-order valence-corrected chi connectivity index (χ3v) is 3.16. The van der Waals surface area contributed by atoms with Crippen molar-refractivity contribution in [1.29, 1.82) is 0 Å². The van der Waals surface area contributed by atoms with E-state index in [0.717, 1.165) is 17.9 Å². The maximum atomic E-state index is 10.8. The highest BCUT2D eigenvalue weighted by Gasteiger charge is 2.28. The molecule has 1 unspecified atom stereocenters. The van der Waals surface area contributed by atoms with Crippen molar-refractivity contribution in [3.05, 3.63) is 23.8 Å². The largest absolute Gasteiger partial charge is 0.494 e. The number of anilines is 1. The van der Waals surface area contributed by atoms with Crippen LogP contribution in [0, 0.1) is 0 Å². The van der Waals surface area contributed by atoms with Crippen LogP contribution in [0.1, 0.15) is 18.9 Å². The van der Waals surface area contributed by atoms with Crippen LogP contribution >= 0.6 is 0 Å². The molecule has 0 saturated carbocycles. The second-order valence-electron chi connectivity index (χ2n) is 4.29. The van der Waals surface area contributed by atoms with E-state index in [1.54, 1.807) is 0 Å². The van der Waals surface area contributed by atoms with Gasteiger partial charge in [0.25, 0.3) is 0 Å². The third-order valence-electron chi connectivity index (χ3n) is 3.16. The van der Waals surface area contributed by atoms with Gasteiger partial charge >= 0.3 is 5.97 Å². The Morgan fingerprint density at radius 1 is 1.59 bits per heavy atom. The minimum atomic E-state index is -0.750. The van der Waals surface area contributed by atoms with Gasteiger partial charge in [-0.3, -0.25) is 4.79 Å². The Hall–Kier alpha value is -1.71. The zero-order valence-corrected chi connectivity index (χ0v) is 10.1. The smallest absolute Gasteiger partial charge is 0.305 e. The molecule has 0 bridgehead atoms. The molecule has 4 nitrogen and oxygen atoms in total. The molecule has 0 spiro atoms. The lowest BCUT2D eigenvalue weighted by Gasteiger charge is -2.20. The normalized spacial score (nSPS) is 18.0. The summed E-state index contributed by atoms with van der Waals surface area (Å²) >= 11 is 0. The van der Waals surface area contributed by atoms with E-state index in [1.165, 1.54) is 5.56 Å². The van der Waals surface area contributed by atoms with Crippen LogP contribution in [0.2, 0.25) is 0 Å². The molecule has 0 aromatic heterocycles. The molecular formula is C13H17NO3. The lowest BCUT2D eigenvalue weighted by molar-refractivity contribution is -0.137. The van der Waals surface area contributed by atoms with Gasteiger partial charge in [0.2, 0.25) is 0 Å². The fourth-order valence-corrected chi connectivity index (χ4v) is 2.32. The summed E-state index contributed by atoms with van der Waals surface area (Å²) in [6, 6.07) is 6.00. The van der Waals surface area contributed by atoms with Crippen molar-refractivity contribution in [2.24, 2.45) is 0 Å². The van der Waals surface area contributed by atoms with Gasteiger partial charge in [-0.1, -0.05) is 0 Å². The molecule has 0 amide bonds. The summed E-state index contributed by atoms with van der Waals surface area (Å²) in [6.07, 6.45) is 0.953. The summed E-state index contributed by atoms with van der Waals surface area (Å²) in [7, 11) is 1.94. The van der Waals surface area contributed by atoms with Gasteiger partial charge in [-0.15, -0.1) is 0 Å². The average Bonchev–Trinajstić information content (AvgIpc) is 2.55. The highest BCUT2D eigenvalue weighted by atomic mass is 16.5. The zero-order chi connectivity index (χ0) is 12.4. The van der Waals surface area contributed by atoms with Crippen molar-refractivity contribution in [1.82, 2.24) is 0 Å². The van der Waals surface area contributed by atoms with Gasteiger partial charge in [0, 0.05) is 18.8 Å². The minimum absolute atomic E-state index is 0.0550. The first kappa shape index (κ1) is 11.8. The van der Waals surface area contributed by atoms with Crippen molar-refractivity contribution < 1.29 is 14.6 Å². The number of nitrogens with zero attached hydrogens (tertiary/aromatic N) is 1. The first-order chi connectivity index (χ1) is 8.11. The monoisotopic (exact) mass is 235 g/mol. The van der Waals surface area contributed by atoms with Gasteiger partial charge in [-0.2, -0.15) is 0 Å². The molecule has 1 aromatic carbocycles. The SMILES string of the molecule is CCOc1ccc2c(c1)CC(CC(=O)O)N2C. The van der Waals surface area contributed by atoms with E-state index < -0.39 is 5.97 Å². The van der Waals surface area contributed by atoms with Crippen LogP contribution in [-0.2, 0) is 11.2 Å². The molecule has 1 aromatic rings. The highest BCUT2D eigenvalue weighted by Crippen LogP contribution is 2.34. The molecule has 1 N–H and O–H groups in total. The predicted molar refractivity (Wildman–Crippen MR) is 65.8 cm³/mol. The molecule has 2 rings (SSSR count). The number of hydrogen-bond donors (Lipinski definition) is 1. The first-order valence-electron chi connectivity index (χ1n) is 5.82. The Kier molecular flexibility index (Phi) is 3.22. The van der Waals surface area contributed by atoms with Gasteiger partial charge in [-0.05, 0) is 37.1 Å². The summed E-state index contributed by atoms with van der Waals surface area (Å²) in [6.45, 7) is 2.60. The molecule has 17 heavy (non-hydrogen) atoms. The molecule has 0 aliphatic carbocycles. The second-order valence-corrected chi connectivity index (χ2v) is 4.29. The topological polar surface area (TPSA) is 49.8 Å². The number of fused-ring (bicyclic) bond motifs is 1. The summed E-state index contributed by atoms with van der Waals surface area (Å²) in [4.78, 5) is 12.8. The van der Waals surface area contributed by atoms with Crippen LogP contribution in [0.4, 0.5) is 5.69 Å². The minimum Gasteiger partial charge on any atom is -0.494 e. The Balaban J connectivity index is 2.19. The summed E-state index contributed by atoms with van der Waals surface area (Å²) in [5.74, 6) is 0.107.